The number of nitrogens with one attached hydrogen (secondary N) is 2. The van der Waals surface area contributed by atoms with Gasteiger partial charge in [-0.15, -0.1) is 0 Å². The Balaban J connectivity index is 2.15. The van der Waals surface area contributed by atoms with Crippen LogP contribution in [-0.4, -0.2) is 29.8 Å². The van der Waals surface area contributed by atoms with Crippen molar-refractivity contribution in [2.75, 3.05) is 13.1 Å². The summed E-state index contributed by atoms with van der Waals surface area (Å²) in [6.45, 7) is 0.0520. The highest BCUT2D eigenvalue weighted by molar-refractivity contribution is 5.93. The maximum atomic E-state index is 11.4. The number of amides is 2. The van der Waals surface area contributed by atoms with E-state index < -0.39 is 0 Å². The topological polar surface area (TPSA) is 70.7 Å². The van der Waals surface area contributed by atoms with Crippen LogP contribution in [0, 0.1) is 0 Å². The normalized spacial score (nSPS) is 20.9. The lowest BCUT2D eigenvalue weighted by Crippen LogP contribution is -2.52. The summed E-state index contributed by atoms with van der Waals surface area (Å²) < 4.78 is 0. The summed E-state index contributed by atoms with van der Waals surface area (Å²) >= 11 is 0. The summed E-state index contributed by atoms with van der Waals surface area (Å²) in [7, 11) is 0. The van der Waals surface area contributed by atoms with Gasteiger partial charge in [0.2, 0.25) is 11.8 Å². The standard InChI is InChI=1S/C8H9N3O3/c12-7-5-11(8(13)4-9-7)6-2-1-3-14-10-6/h1-3,10H,4-5H2,(H,9,12). The van der Waals surface area contributed by atoms with Gasteiger partial charge in [-0.2, -0.15) is 0 Å². The Labute approximate surface area is 80.2 Å². The average Bonchev–Trinajstić information content (AvgIpc) is 2.23. The van der Waals surface area contributed by atoms with Crippen LogP contribution >= 0.6 is 0 Å². The molecule has 0 spiro atoms. The van der Waals surface area contributed by atoms with Gasteiger partial charge >= 0.3 is 0 Å². The molecule has 2 amide bonds. The van der Waals surface area contributed by atoms with Crippen LogP contribution in [0.15, 0.2) is 24.2 Å². The van der Waals surface area contributed by atoms with E-state index in [-0.39, 0.29) is 24.9 Å². The molecule has 6 nitrogen and oxygen atoms in total. The minimum Gasteiger partial charge on any atom is -0.389 e. The molecule has 0 bridgehead atoms. The Morgan fingerprint density at radius 3 is 3.00 bits per heavy atom. The Morgan fingerprint density at radius 1 is 1.43 bits per heavy atom. The van der Waals surface area contributed by atoms with Crippen molar-refractivity contribution < 1.29 is 14.4 Å². The van der Waals surface area contributed by atoms with Gasteiger partial charge in [-0.05, 0) is 12.2 Å². The van der Waals surface area contributed by atoms with Gasteiger partial charge in [0.15, 0.2) is 0 Å². The zero-order valence-electron chi connectivity index (χ0n) is 7.32. The minimum absolute atomic E-state index is 0.0227. The maximum absolute atomic E-state index is 11.4. The predicted octanol–water partition coefficient (Wildman–Crippen LogP) is -1.17. The molecule has 0 aromatic rings. The van der Waals surface area contributed by atoms with E-state index in [2.05, 4.69) is 10.8 Å². The molecule has 74 valence electrons. The number of carbonyl (C=O) groups is 2. The summed E-state index contributed by atoms with van der Waals surface area (Å²) in [6, 6.07) is 0. The number of nitrogens with zero attached hydrogens (tertiary/aromatic N) is 1. The monoisotopic (exact) mass is 195 g/mol. The Bertz CT molecular complexity index is 335. The van der Waals surface area contributed by atoms with Gasteiger partial charge < -0.3 is 10.2 Å². The van der Waals surface area contributed by atoms with Crippen molar-refractivity contribution in [3.05, 3.63) is 24.2 Å². The summed E-state index contributed by atoms with van der Waals surface area (Å²) in [5.74, 6) is 0.136. The first-order valence-corrected chi connectivity index (χ1v) is 4.13. The number of allylic oxidation sites excluding steroid dienone is 2. The quantitative estimate of drug-likeness (QED) is 0.553. The van der Waals surface area contributed by atoms with Crippen LogP contribution in [0.3, 0.4) is 0 Å². The van der Waals surface area contributed by atoms with E-state index in [0.717, 1.165) is 0 Å². The molecule has 1 saturated heterocycles. The lowest BCUT2D eigenvalue weighted by atomic mass is 10.3. The van der Waals surface area contributed by atoms with E-state index in [1.54, 1.807) is 12.2 Å². The largest absolute Gasteiger partial charge is 0.389 e. The predicted molar refractivity (Wildman–Crippen MR) is 46.2 cm³/mol. The second kappa shape index (κ2) is 3.41. The molecular weight excluding hydrogens is 186 g/mol. The number of hydroxylamine groups is 1. The van der Waals surface area contributed by atoms with E-state index >= 15 is 0 Å². The fourth-order valence-electron chi connectivity index (χ4n) is 1.22. The minimum atomic E-state index is -0.179. The molecule has 14 heavy (non-hydrogen) atoms. The van der Waals surface area contributed by atoms with Crippen molar-refractivity contribution in [3.8, 4) is 0 Å². The molecule has 2 N–H and O–H groups in total. The average molecular weight is 195 g/mol. The summed E-state index contributed by atoms with van der Waals surface area (Å²) in [6.07, 6.45) is 4.75. The molecule has 2 aliphatic heterocycles. The Morgan fingerprint density at radius 2 is 2.29 bits per heavy atom. The number of rotatable bonds is 1. The first-order chi connectivity index (χ1) is 6.77. The summed E-state index contributed by atoms with van der Waals surface area (Å²) in [5.41, 5.74) is 2.54. The molecule has 0 atom stereocenters. The van der Waals surface area contributed by atoms with Gasteiger partial charge in [0.05, 0.1) is 6.54 Å². The second-order valence-electron chi connectivity index (χ2n) is 2.86. The van der Waals surface area contributed by atoms with Crippen molar-refractivity contribution in [1.29, 1.82) is 0 Å². The van der Waals surface area contributed by atoms with E-state index in [4.69, 9.17) is 4.84 Å². The van der Waals surface area contributed by atoms with Crippen molar-refractivity contribution in [2.24, 2.45) is 0 Å². The highest BCUT2D eigenvalue weighted by atomic mass is 16.6. The third-order valence-electron chi connectivity index (χ3n) is 1.89. The third kappa shape index (κ3) is 1.54. The van der Waals surface area contributed by atoms with Gasteiger partial charge in [0, 0.05) is 0 Å². The lowest BCUT2D eigenvalue weighted by Gasteiger charge is -2.29. The van der Waals surface area contributed by atoms with Gasteiger partial charge in [0.25, 0.3) is 0 Å². The number of carbonyl (C=O) groups excluding carboxylic acids is 2. The molecule has 0 aromatic carbocycles. The lowest BCUT2D eigenvalue weighted by molar-refractivity contribution is -0.139. The van der Waals surface area contributed by atoms with Gasteiger partial charge in [-0.25, -0.2) is 5.48 Å². The van der Waals surface area contributed by atoms with Crippen LogP contribution in [0.4, 0.5) is 0 Å². The zero-order valence-corrected chi connectivity index (χ0v) is 7.32. The molecule has 0 radical (unpaired) electrons. The van der Waals surface area contributed by atoms with Gasteiger partial charge in [-0.1, -0.05) is 0 Å². The molecule has 2 heterocycles. The van der Waals surface area contributed by atoms with Crippen LogP contribution in [-0.2, 0) is 14.4 Å². The third-order valence-corrected chi connectivity index (χ3v) is 1.89. The second-order valence-corrected chi connectivity index (χ2v) is 2.86. The fraction of sp³-hybridized carbons (Fsp3) is 0.250. The first kappa shape index (κ1) is 8.61. The number of hydrogen-bond donors (Lipinski definition) is 2. The highest BCUT2D eigenvalue weighted by Gasteiger charge is 2.26. The van der Waals surface area contributed by atoms with E-state index in [1.807, 2.05) is 0 Å². The van der Waals surface area contributed by atoms with Crippen molar-refractivity contribution in [2.45, 2.75) is 0 Å². The Hall–Kier alpha value is -1.98. The number of hydrogen-bond acceptors (Lipinski definition) is 4. The summed E-state index contributed by atoms with van der Waals surface area (Å²) in [4.78, 5) is 28.6. The van der Waals surface area contributed by atoms with E-state index in [0.29, 0.717) is 5.82 Å². The van der Waals surface area contributed by atoms with Crippen LogP contribution in [0.25, 0.3) is 0 Å². The SMILES string of the molecule is O=C1CN(C2=CC=CON2)C(=O)CN1. The Kier molecular flexibility index (Phi) is 2.10. The maximum Gasteiger partial charge on any atom is 0.248 e. The van der Waals surface area contributed by atoms with Gasteiger partial charge in [-0.3, -0.25) is 14.5 Å². The first-order valence-electron chi connectivity index (χ1n) is 4.13. The molecule has 0 aliphatic carbocycles. The van der Waals surface area contributed by atoms with Crippen LogP contribution in [0.1, 0.15) is 0 Å². The van der Waals surface area contributed by atoms with Crippen LogP contribution in [0.2, 0.25) is 0 Å². The van der Waals surface area contributed by atoms with Crippen molar-refractivity contribution >= 4 is 11.8 Å². The van der Waals surface area contributed by atoms with Crippen LogP contribution in [0.5, 0.6) is 0 Å². The van der Waals surface area contributed by atoms with E-state index in [9.17, 15) is 9.59 Å². The molecule has 0 aromatic heterocycles. The molecule has 2 aliphatic rings. The molecule has 0 unspecified atom stereocenters. The van der Waals surface area contributed by atoms with Crippen molar-refractivity contribution in [3.63, 3.8) is 0 Å². The zero-order chi connectivity index (χ0) is 9.97. The van der Waals surface area contributed by atoms with Crippen molar-refractivity contribution in [1.82, 2.24) is 15.7 Å². The van der Waals surface area contributed by atoms with Crippen LogP contribution < -0.4 is 10.8 Å². The molecule has 2 rings (SSSR count). The van der Waals surface area contributed by atoms with E-state index in [1.165, 1.54) is 11.2 Å². The number of piperazine rings is 1. The smallest absolute Gasteiger partial charge is 0.248 e. The highest BCUT2D eigenvalue weighted by Crippen LogP contribution is 2.07. The molecule has 1 fully saturated rings. The summed E-state index contributed by atoms with van der Waals surface area (Å²) in [5, 5.41) is 2.46. The fourth-order valence-corrected chi connectivity index (χ4v) is 1.22. The van der Waals surface area contributed by atoms with Gasteiger partial charge in [0.1, 0.15) is 18.6 Å². The molecular formula is C8H9N3O3. The molecule has 0 saturated carbocycles. The molecule has 6 heteroatoms.